The second-order valence-corrected chi connectivity index (χ2v) is 4.73. The van der Waals surface area contributed by atoms with Crippen LogP contribution in [0.2, 0.25) is 0 Å². The maximum Gasteiger partial charge on any atom is 0.253 e. The molecule has 6 heteroatoms. The van der Waals surface area contributed by atoms with Gasteiger partial charge in [0.2, 0.25) is 0 Å². The maximum absolute atomic E-state index is 12.4. The topological polar surface area (TPSA) is 74.8 Å². The molecular weight excluding hydrogens is 242 g/mol. The van der Waals surface area contributed by atoms with E-state index in [0.29, 0.717) is 12.4 Å². The van der Waals surface area contributed by atoms with Gasteiger partial charge in [-0.25, -0.2) is 0 Å². The van der Waals surface area contributed by atoms with Crippen LogP contribution in [-0.4, -0.2) is 44.5 Å². The third kappa shape index (κ3) is 2.47. The Kier molecular flexibility index (Phi) is 3.22. The number of benzene rings is 1. The van der Waals surface area contributed by atoms with E-state index in [2.05, 4.69) is 20.6 Å². The molecule has 1 saturated heterocycles. The van der Waals surface area contributed by atoms with Crippen LogP contribution in [0.3, 0.4) is 0 Å². The predicted molar refractivity (Wildman–Crippen MR) is 68.5 cm³/mol. The van der Waals surface area contributed by atoms with Gasteiger partial charge in [0.25, 0.3) is 5.91 Å². The summed E-state index contributed by atoms with van der Waals surface area (Å²) in [7, 11) is 0. The molecule has 1 N–H and O–H groups in total. The molecule has 3 rings (SSSR count). The molecule has 0 saturated carbocycles. The van der Waals surface area contributed by atoms with Crippen LogP contribution < -0.4 is 0 Å². The van der Waals surface area contributed by atoms with Gasteiger partial charge in [0.1, 0.15) is 0 Å². The third-order valence-electron chi connectivity index (χ3n) is 3.46. The highest BCUT2D eigenvalue weighted by atomic mass is 16.2. The van der Waals surface area contributed by atoms with Crippen molar-refractivity contribution in [3.63, 3.8) is 0 Å². The predicted octanol–water partition coefficient (Wildman–Crippen LogP) is 1.22. The zero-order valence-corrected chi connectivity index (χ0v) is 10.5. The fraction of sp³-hybridized carbons (Fsp3) is 0.385. The zero-order chi connectivity index (χ0) is 13.1. The number of aromatic nitrogens is 4. The van der Waals surface area contributed by atoms with E-state index in [4.69, 9.17) is 0 Å². The SMILES string of the molecule is O=C(c1ccccc1)N1CCCC(c2nn[nH]n2)C1. The molecular formula is C13H15N5O. The van der Waals surface area contributed by atoms with Crippen LogP contribution in [0.25, 0.3) is 0 Å². The van der Waals surface area contributed by atoms with Crippen LogP contribution in [-0.2, 0) is 0 Å². The van der Waals surface area contributed by atoms with Crippen molar-refractivity contribution in [2.75, 3.05) is 13.1 Å². The number of likely N-dealkylation sites (tertiary alicyclic amines) is 1. The summed E-state index contributed by atoms with van der Waals surface area (Å²) in [6.45, 7) is 1.45. The van der Waals surface area contributed by atoms with Crippen LogP contribution in [0.5, 0.6) is 0 Å². The molecule has 0 aliphatic carbocycles. The van der Waals surface area contributed by atoms with Crippen molar-refractivity contribution >= 4 is 5.91 Å². The lowest BCUT2D eigenvalue weighted by Crippen LogP contribution is -2.39. The lowest BCUT2D eigenvalue weighted by Gasteiger charge is -2.31. The summed E-state index contributed by atoms with van der Waals surface area (Å²) in [5, 5.41) is 14.1. The number of tetrazole rings is 1. The van der Waals surface area contributed by atoms with Gasteiger partial charge in [-0.15, -0.1) is 10.2 Å². The Morgan fingerprint density at radius 3 is 2.89 bits per heavy atom. The van der Waals surface area contributed by atoms with Crippen LogP contribution in [0.4, 0.5) is 0 Å². The minimum Gasteiger partial charge on any atom is -0.338 e. The number of amides is 1. The maximum atomic E-state index is 12.4. The molecule has 6 nitrogen and oxygen atoms in total. The molecule has 2 heterocycles. The Hall–Kier alpha value is -2.24. The van der Waals surface area contributed by atoms with Gasteiger partial charge in [-0.1, -0.05) is 23.4 Å². The molecule has 1 aliphatic rings. The smallest absolute Gasteiger partial charge is 0.253 e. The number of rotatable bonds is 2. The second kappa shape index (κ2) is 5.17. The summed E-state index contributed by atoms with van der Waals surface area (Å²) in [6, 6.07) is 9.37. The van der Waals surface area contributed by atoms with E-state index in [1.54, 1.807) is 0 Å². The highest BCUT2D eigenvalue weighted by Gasteiger charge is 2.27. The molecule has 1 atom stereocenters. The molecule has 1 fully saturated rings. The lowest BCUT2D eigenvalue weighted by atomic mass is 9.97. The number of nitrogens with one attached hydrogen (secondary N) is 1. The molecule has 1 aliphatic heterocycles. The number of carbonyl (C=O) groups excluding carboxylic acids is 1. The minimum atomic E-state index is 0.0776. The minimum absolute atomic E-state index is 0.0776. The van der Waals surface area contributed by atoms with Gasteiger partial charge in [-0.3, -0.25) is 4.79 Å². The Morgan fingerprint density at radius 2 is 2.16 bits per heavy atom. The first-order valence-electron chi connectivity index (χ1n) is 6.42. The van der Waals surface area contributed by atoms with Crippen molar-refractivity contribution in [1.29, 1.82) is 0 Å². The van der Waals surface area contributed by atoms with Gasteiger partial charge >= 0.3 is 0 Å². The summed E-state index contributed by atoms with van der Waals surface area (Å²) in [4.78, 5) is 14.3. The van der Waals surface area contributed by atoms with Crippen molar-refractivity contribution in [2.45, 2.75) is 18.8 Å². The number of piperidine rings is 1. The Morgan fingerprint density at radius 1 is 1.32 bits per heavy atom. The lowest BCUT2D eigenvalue weighted by molar-refractivity contribution is 0.0704. The average Bonchev–Trinajstić information content (AvgIpc) is 3.02. The number of aromatic amines is 1. The summed E-state index contributed by atoms with van der Waals surface area (Å²) < 4.78 is 0. The van der Waals surface area contributed by atoms with Crippen LogP contribution in [0, 0.1) is 0 Å². The van der Waals surface area contributed by atoms with Gasteiger partial charge in [0.15, 0.2) is 5.82 Å². The van der Waals surface area contributed by atoms with Crippen molar-refractivity contribution in [3.8, 4) is 0 Å². The van der Waals surface area contributed by atoms with Gasteiger partial charge in [-0.05, 0) is 25.0 Å². The van der Waals surface area contributed by atoms with E-state index in [9.17, 15) is 4.79 Å². The first-order chi connectivity index (χ1) is 9.34. The molecule has 0 radical (unpaired) electrons. The summed E-state index contributed by atoms with van der Waals surface area (Å²) >= 11 is 0. The number of hydrogen-bond acceptors (Lipinski definition) is 4. The summed E-state index contributed by atoms with van der Waals surface area (Å²) in [6.07, 6.45) is 1.97. The Balaban J connectivity index is 1.73. The molecule has 1 aromatic heterocycles. The molecule has 0 bridgehead atoms. The largest absolute Gasteiger partial charge is 0.338 e. The van der Waals surface area contributed by atoms with E-state index in [-0.39, 0.29) is 11.8 Å². The van der Waals surface area contributed by atoms with Crippen molar-refractivity contribution in [3.05, 3.63) is 41.7 Å². The zero-order valence-electron chi connectivity index (χ0n) is 10.5. The van der Waals surface area contributed by atoms with Crippen molar-refractivity contribution in [2.24, 2.45) is 0 Å². The molecule has 98 valence electrons. The monoisotopic (exact) mass is 257 g/mol. The van der Waals surface area contributed by atoms with Crippen LogP contribution in [0.1, 0.15) is 34.9 Å². The highest BCUT2D eigenvalue weighted by molar-refractivity contribution is 5.94. The van der Waals surface area contributed by atoms with Crippen LogP contribution >= 0.6 is 0 Å². The molecule has 0 spiro atoms. The quantitative estimate of drug-likeness (QED) is 0.877. The van der Waals surface area contributed by atoms with E-state index in [1.807, 2.05) is 35.2 Å². The fourth-order valence-electron chi connectivity index (χ4n) is 2.48. The van der Waals surface area contributed by atoms with Gasteiger partial charge in [-0.2, -0.15) is 5.21 Å². The molecule has 1 unspecified atom stereocenters. The normalized spacial score (nSPS) is 19.4. The number of nitrogens with zero attached hydrogens (tertiary/aromatic N) is 4. The summed E-state index contributed by atoms with van der Waals surface area (Å²) in [5.41, 5.74) is 0.733. The van der Waals surface area contributed by atoms with Crippen molar-refractivity contribution < 1.29 is 4.79 Å². The fourth-order valence-corrected chi connectivity index (χ4v) is 2.48. The first kappa shape index (κ1) is 11.8. The van der Waals surface area contributed by atoms with Gasteiger partial charge in [0, 0.05) is 24.6 Å². The number of hydrogen-bond donors (Lipinski definition) is 1. The highest BCUT2D eigenvalue weighted by Crippen LogP contribution is 2.24. The van der Waals surface area contributed by atoms with Crippen LogP contribution in [0.15, 0.2) is 30.3 Å². The average molecular weight is 257 g/mol. The summed E-state index contributed by atoms with van der Waals surface area (Å²) in [5.74, 6) is 0.958. The van der Waals surface area contributed by atoms with Gasteiger partial charge < -0.3 is 4.90 Å². The first-order valence-corrected chi connectivity index (χ1v) is 6.42. The van der Waals surface area contributed by atoms with Gasteiger partial charge in [0.05, 0.1) is 0 Å². The van der Waals surface area contributed by atoms with E-state index in [1.165, 1.54) is 0 Å². The third-order valence-corrected chi connectivity index (χ3v) is 3.46. The van der Waals surface area contributed by atoms with Crippen molar-refractivity contribution in [1.82, 2.24) is 25.5 Å². The van der Waals surface area contributed by atoms with E-state index in [0.717, 1.165) is 24.9 Å². The molecule has 1 aromatic carbocycles. The molecule has 1 amide bonds. The standard InChI is InChI=1S/C13H15N5O/c19-13(10-5-2-1-3-6-10)18-8-4-7-11(9-18)12-14-16-17-15-12/h1-3,5-6,11H,4,7-9H2,(H,14,15,16,17). The Bertz CT molecular complexity index is 539. The molecule has 19 heavy (non-hydrogen) atoms. The Labute approximate surface area is 110 Å². The van der Waals surface area contributed by atoms with E-state index >= 15 is 0 Å². The second-order valence-electron chi connectivity index (χ2n) is 4.73. The number of H-pyrrole nitrogens is 1. The number of carbonyl (C=O) groups is 1. The van der Waals surface area contributed by atoms with E-state index < -0.39 is 0 Å². The molecule has 2 aromatic rings.